The molecule has 0 radical (unpaired) electrons. The van der Waals surface area contributed by atoms with E-state index in [0.717, 1.165) is 6.61 Å². The van der Waals surface area contributed by atoms with Crippen molar-refractivity contribution in [1.82, 2.24) is 0 Å². The monoisotopic (exact) mass is 158 g/mol. The molecule has 1 aliphatic rings. The summed E-state index contributed by atoms with van der Waals surface area (Å²) >= 11 is 0. The number of hydrogen-bond acceptors (Lipinski definition) is 1. The molecule has 0 aromatic rings. The first-order chi connectivity index (χ1) is 4.61. The molecule has 1 saturated heterocycles. The van der Waals surface area contributed by atoms with Crippen LogP contribution in [0.1, 0.15) is 19.3 Å². The van der Waals surface area contributed by atoms with Crippen LogP contribution in [0.4, 0.5) is 0 Å². The summed E-state index contributed by atoms with van der Waals surface area (Å²) in [5.74, 6) is 0. The second-order valence-corrected chi connectivity index (χ2v) is 9.60. The van der Waals surface area contributed by atoms with Crippen molar-refractivity contribution in [2.45, 2.75) is 44.6 Å². The Morgan fingerprint density at radius 1 is 1.20 bits per heavy atom. The molecule has 1 rings (SSSR count). The minimum absolute atomic E-state index is 0.640. The molecule has 1 nitrogen and oxygen atoms in total. The minimum Gasteiger partial charge on any atom is -0.382 e. The third-order valence-electron chi connectivity index (χ3n) is 2.15. The molecule has 0 bridgehead atoms. The van der Waals surface area contributed by atoms with Gasteiger partial charge in [0, 0.05) is 12.3 Å². The highest BCUT2D eigenvalue weighted by atomic mass is 28.3. The predicted octanol–water partition coefficient (Wildman–Crippen LogP) is 2.43. The SMILES string of the molecule is C[Si](C)(C)C1CCCCO1. The summed E-state index contributed by atoms with van der Waals surface area (Å²) in [5.41, 5.74) is 0.640. The first kappa shape index (κ1) is 8.28. The smallest absolute Gasteiger partial charge is 0.0785 e. The van der Waals surface area contributed by atoms with Crippen LogP contribution in [0.15, 0.2) is 0 Å². The molecule has 1 atom stereocenters. The van der Waals surface area contributed by atoms with Crippen molar-refractivity contribution in [3.8, 4) is 0 Å². The molecular weight excluding hydrogens is 140 g/mol. The van der Waals surface area contributed by atoms with Gasteiger partial charge in [-0.1, -0.05) is 19.6 Å². The maximum Gasteiger partial charge on any atom is 0.0785 e. The molecule has 0 aromatic heterocycles. The van der Waals surface area contributed by atoms with E-state index in [0.29, 0.717) is 5.73 Å². The van der Waals surface area contributed by atoms with Crippen molar-refractivity contribution >= 4 is 8.07 Å². The van der Waals surface area contributed by atoms with Gasteiger partial charge in [0.15, 0.2) is 0 Å². The van der Waals surface area contributed by atoms with Crippen LogP contribution in [0.3, 0.4) is 0 Å². The zero-order valence-corrected chi connectivity index (χ0v) is 8.31. The van der Waals surface area contributed by atoms with E-state index < -0.39 is 8.07 Å². The van der Waals surface area contributed by atoms with Crippen molar-refractivity contribution in [1.29, 1.82) is 0 Å². The molecule has 1 heterocycles. The maximum absolute atomic E-state index is 5.70. The minimum atomic E-state index is -0.979. The Hall–Kier alpha value is 0.177. The normalized spacial score (nSPS) is 28.5. The molecular formula is C8H18OSi. The lowest BCUT2D eigenvalue weighted by Crippen LogP contribution is -2.42. The summed E-state index contributed by atoms with van der Waals surface area (Å²) in [4.78, 5) is 0. The summed E-state index contributed by atoms with van der Waals surface area (Å²) in [7, 11) is -0.979. The van der Waals surface area contributed by atoms with Crippen molar-refractivity contribution in [2.75, 3.05) is 6.61 Å². The number of rotatable bonds is 1. The van der Waals surface area contributed by atoms with Crippen molar-refractivity contribution in [2.24, 2.45) is 0 Å². The molecule has 60 valence electrons. The van der Waals surface area contributed by atoms with E-state index in [1.54, 1.807) is 0 Å². The average Bonchev–Trinajstić information content (AvgIpc) is 1.88. The van der Waals surface area contributed by atoms with Gasteiger partial charge in [-0.2, -0.15) is 0 Å². The van der Waals surface area contributed by atoms with Crippen LogP contribution in [-0.2, 0) is 4.74 Å². The highest BCUT2D eigenvalue weighted by Gasteiger charge is 2.28. The summed E-state index contributed by atoms with van der Waals surface area (Å²) < 4.78 is 5.70. The molecule has 0 saturated carbocycles. The molecule has 0 aromatic carbocycles. The van der Waals surface area contributed by atoms with Gasteiger partial charge in [-0.25, -0.2) is 0 Å². The Morgan fingerprint density at radius 2 is 1.90 bits per heavy atom. The molecule has 0 N–H and O–H groups in total. The van der Waals surface area contributed by atoms with Gasteiger partial charge in [0.1, 0.15) is 0 Å². The van der Waals surface area contributed by atoms with Crippen molar-refractivity contribution in [3.05, 3.63) is 0 Å². The van der Waals surface area contributed by atoms with E-state index >= 15 is 0 Å². The van der Waals surface area contributed by atoms with Crippen molar-refractivity contribution in [3.63, 3.8) is 0 Å². The van der Waals surface area contributed by atoms with Crippen LogP contribution in [0.2, 0.25) is 19.6 Å². The van der Waals surface area contributed by atoms with E-state index in [-0.39, 0.29) is 0 Å². The van der Waals surface area contributed by atoms with E-state index in [1.165, 1.54) is 19.3 Å². The van der Waals surface area contributed by atoms with Gasteiger partial charge in [0.05, 0.1) is 8.07 Å². The first-order valence-corrected chi connectivity index (χ1v) is 7.80. The molecule has 0 aliphatic carbocycles. The Balaban J connectivity index is 2.39. The molecule has 1 fully saturated rings. The average molecular weight is 158 g/mol. The molecule has 1 unspecified atom stereocenters. The molecule has 0 spiro atoms. The Morgan fingerprint density at radius 3 is 2.20 bits per heavy atom. The Labute approximate surface area is 64.8 Å². The largest absolute Gasteiger partial charge is 0.382 e. The Kier molecular flexibility index (Phi) is 2.53. The van der Waals surface area contributed by atoms with Crippen LogP contribution >= 0.6 is 0 Å². The van der Waals surface area contributed by atoms with Gasteiger partial charge in [-0.05, 0) is 19.3 Å². The van der Waals surface area contributed by atoms with E-state index in [2.05, 4.69) is 19.6 Å². The van der Waals surface area contributed by atoms with E-state index in [4.69, 9.17) is 4.74 Å². The van der Waals surface area contributed by atoms with E-state index in [1.807, 2.05) is 0 Å². The summed E-state index contributed by atoms with van der Waals surface area (Å²) in [6.07, 6.45) is 3.98. The number of ether oxygens (including phenoxy) is 1. The first-order valence-electron chi connectivity index (χ1n) is 4.22. The second-order valence-electron chi connectivity index (χ2n) is 4.22. The lowest BCUT2D eigenvalue weighted by atomic mass is 10.2. The summed E-state index contributed by atoms with van der Waals surface area (Å²) in [5, 5.41) is 0. The summed E-state index contributed by atoms with van der Waals surface area (Å²) in [6, 6.07) is 0. The Bertz CT molecular complexity index is 100. The fraction of sp³-hybridized carbons (Fsp3) is 1.00. The zero-order chi connectivity index (χ0) is 7.61. The zero-order valence-electron chi connectivity index (χ0n) is 7.31. The van der Waals surface area contributed by atoms with Gasteiger partial charge >= 0.3 is 0 Å². The standard InChI is InChI=1S/C8H18OSi/c1-10(2,3)8-6-4-5-7-9-8/h8H,4-7H2,1-3H3. The van der Waals surface area contributed by atoms with Gasteiger partial charge in [-0.3, -0.25) is 0 Å². The van der Waals surface area contributed by atoms with Gasteiger partial charge in [0.2, 0.25) is 0 Å². The lowest BCUT2D eigenvalue weighted by molar-refractivity contribution is 0.0604. The molecule has 0 amide bonds. The van der Waals surface area contributed by atoms with Crippen molar-refractivity contribution < 1.29 is 4.74 Å². The fourth-order valence-electron chi connectivity index (χ4n) is 1.42. The molecule has 10 heavy (non-hydrogen) atoms. The number of hydrogen-bond donors (Lipinski definition) is 0. The molecule has 1 aliphatic heterocycles. The quantitative estimate of drug-likeness (QED) is 0.533. The third-order valence-corrected chi connectivity index (χ3v) is 4.53. The second kappa shape index (κ2) is 3.05. The topological polar surface area (TPSA) is 9.23 Å². The van der Waals surface area contributed by atoms with Gasteiger partial charge < -0.3 is 4.74 Å². The van der Waals surface area contributed by atoms with E-state index in [9.17, 15) is 0 Å². The van der Waals surface area contributed by atoms with Crippen LogP contribution < -0.4 is 0 Å². The van der Waals surface area contributed by atoms with Crippen LogP contribution in [-0.4, -0.2) is 20.4 Å². The maximum atomic E-state index is 5.70. The van der Waals surface area contributed by atoms with Gasteiger partial charge in [0.25, 0.3) is 0 Å². The lowest BCUT2D eigenvalue weighted by Gasteiger charge is -2.32. The van der Waals surface area contributed by atoms with Crippen LogP contribution in [0.5, 0.6) is 0 Å². The van der Waals surface area contributed by atoms with Crippen LogP contribution in [0, 0.1) is 0 Å². The predicted molar refractivity (Wildman–Crippen MR) is 46.9 cm³/mol. The fourth-order valence-corrected chi connectivity index (χ4v) is 3.11. The highest BCUT2D eigenvalue weighted by Crippen LogP contribution is 2.21. The summed E-state index contributed by atoms with van der Waals surface area (Å²) in [6.45, 7) is 8.18. The van der Waals surface area contributed by atoms with Gasteiger partial charge in [-0.15, -0.1) is 0 Å². The van der Waals surface area contributed by atoms with Crippen LogP contribution in [0.25, 0.3) is 0 Å². The third kappa shape index (κ3) is 2.10. The molecule has 2 heteroatoms. The highest BCUT2D eigenvalue weighted by molar-refractivity contribution is 6.77.